The molecule has 0 aliphatic heterocycles. The van der Waals surface area contributed by atoms with E-state index in [1.165, 1.54) is 11.1 Å². The van der Waals surface area contributed by atoms with Gasteiger partial charge in [0.05, 0.1) is 11.8 Å². The van der Waals surface area contributed by atoms with Crippen LogP contribution in [0.5, 0.6) is 0 Å². The first-order valence-electron chi connectivity index (χ1n) is 7.85. The third-order valence-electron chi connectivity index (χ3n) is 3.50. The highest BCUT2D eigenvalue weighted by atomic mass is 32.2. The zero-order valence-electron chi connectivity index (χ0n) is 15.8. The Morgan fingerprint density at radius 3 is 2.38 bits per heavy atom. The van der Waals surface area contributed by atoms with Gasteiger partial charge in [0.2, 0.25) is 0 Å². The number of rotatable bonds is 5. The second kappa shape index (κ2) is 7.98. The number of aromatic nitrogens is 1. The molecule has 1 aromatic rings. The maximum atomic E-state index is 12.5. The summed E-state index contributed by atoms with van der Waals surface area (Å²) in [6.45, 7) is 9.66. The highest BCUT2D eigenvalue weighted by molar-refractivity contribution is 7.91. The van der Waals surface area contributed by atoms with Crippen LogP contribution in [0.25, 0.3) is 0 Å². The molecule has 0 N–H and O–H groups in total. The van der Waals surface area contributed by atoms with Crippen molar-refractivity contribution >= 4 is 29.3 Å². The number of carbonyl (C=O) groups is 1. The first-order chi connectivity index (χ1) is 10.9. The molecule has 0 aliphatic carbocycles. The van der Waals surface area contributed by atoms with E-state index < -0.39 is 16.1 Å². The molecule has 0 aliphatic rings. The minimum absolute atomic E-state index is 0.140. The van der Waals surface area contributed by atoms with Gasteiger partial charge in [-0.1, -0.05) is 4.40 Å². The van der Waals surface area contributed by atoms with E-state index in [1.807, 2.05) is 32.7 Å². The molecule has 6 nitrogen and oxygen atoms in total. The van der Waals surface area contributed by atoms with E-state index in [2.05, 4.69) is 23.2 Å². The van der Waals surface area contributed by atoms with E-state index in [0.717, 1.165) is 0 Å². The Labute approximate surface area is 148 Å². The molecule has 1 unspecified atom stereocenters. The summed E-state index contributed by atoms with van der Waals surface area (Å²) < 4.78 is 15.8. The Balaban J connectivity index is 3.29. The van der Waals surface area contributed by atoms with Crippen molar-refractivity contribution in [3.8, 4) is 0 Å². The van der Waals surface area contributed by atoms with E-state index in [0.29, 0.717) is 16.9 Å². The van der Waals surface area contributed by atoms with Gasteiger partial charge in [-0.3, -0.25) is 4.79 Å². The third-order valence-corrected chi connectivity index (χ3v) is 4.85. The Bertz CT molecular complexity index is 609. The van der Waals surface area contributed by atoms with Crippen LogP contribution in [0.15, 0.2) is 16.7 Å². The number of carbonyl (C=O) groups excluding carboxylic acids is 1. The minimum atomic E-state index is -1.39. The van der Waals surface area contributed by atoms with Crippen LogP contribution in [0.4, 0.5) is 5.82 Å². The fraction of sp³-hybridized carbons (Fsp3) is 0.588. The Morgan fingerprint density at radius 2 is 1.92 bits per heavy atom. The predicted octanol–water partition coefficient (Wildman–Crippen LogP) is 2.51. The number of hydrogen-bond acceptors (Lipinski definition) is 5. The molecule has 0 fully saturated rings. The standard InChI is InChI=1S/C17H28N4O2S/c1-12(2)21(8)15-9-14(16(22)20(6)7)13(10-18-15)11-19-24(23)17(3,4)5/h9-12H,1-8H3/b19-11+. The van der Waals surface area contributed by atoms with Gasteiger partial charge in [0.1, 0.15) is 21.9 Å². The molecule has 0 saturated heterocycles. The average Bonchev–Trinajstić information content (AvgIpc) is 2.49. The third kappa shape index (κ3) is 5.21. The van der Waals surface area contributed by atoms with Crippen molar-refractivity contribution in [2.24, 2.45) is 4.40 Å². The lowest BCUT2D eigenvalue weighted by molar-refractivity contribution is 0.0827. The first kappa shape index (κ1) is 20.4. The monoisotopic (exact) mass is 352 g/mol. The molecule has 0 saturated carbocycles. The van der Waals surface area contributed by atoms with Crippen LogP contribution in [0, 0.1) is 0 Å². The SMILES string of the molecule is CC(C)N(C)c1cc(C(=O)N(C)C)c(/C=N/[S+]([O-])C(C)(C)C)cn1. The molecule has 1 heterocycles. The Morgan fingerprint density at radius 1 is 1.33 bits per heavy atom. The van der Waals surface area contributed by atoms with Gasteiger partial charge in [-0.05, 0) is 40.7 Å². The molecule has 0 radical (unpaired) electrons. The van der Waals surface area contributed by atoms with Gasteiger partial charge in [0.25, 0.3) is 5.91 Å². The maximum Gasteiger partial charge on any atom is 0.254 e. The zero-order valence-corrected chi connectivity index (χ0v) is 16.6. The number of amides is 1. The Hall–Kier alpha value is -1.60. The summed E-state index contributed by atoms with van der Waals surface area (Å²) in [7, 11) is 5.32. The quantitative estimate of drug-likeness (QED) is 0.603. The van der Waals surface area contributed by atoms with Gasteiger partial charge in [-0.2, -0.15) is 0 Å². The van der Waals surface area contributed by atoms with Crippen LogP contribution < -0.4 is 4.90 Å². The fourth-order valence-electron chi connectivity index (χ4n) is 1.70. The maximum absolute atomic E-state index is 12.5. The molecule has 24 heavy (non-hydrogen) atoms. The summed E-state index contributed by atoms with van der Waals surface area (Å²) in [5.41, 5.74) is 1.05. The van der Waals surface area contributed by atoms with Crippen LogP contribution in [-0.2, 0) is 11.4 Å². The molecule has 1 amide bonds. The van der Waals surface area contributed by atoms with Crippen LogP contribution in [0.3, 0.4) is 0 Å². The summed E-state index contributed by atoms with van der Waals surface area (Å²) in [5, 5.41) is 0. The zero-order chi connectivity index (χ0) is 18.7. The summed E-state index contributed by atoms with van der Waals surface area (Å²) in [6, 6.07) is 2.01. The first-order valence-corrected chi connectivity index (χ1v) is 8.96. The lowest BCUT2D eigenvalue weighted by atomic mass is 10.1. The number of hydrogen-bond donors (Lipinski definition) is 0. The van der Waals surface area contributed by atoms with Crippen molar-refractivity contribution in [3.05, 3.63) is 23.4 Å². The van der Waals surface area contributed by atoms with Crippen molar-refractivity contribution in [2.45, 2.75) is 45.4 Å². The molecule has 1 aromatic heterocycles. The van der Waals surface area contributed by atoms with Gasteiger partial charge in [0.15, 0.2) is 0 Å². The number of anilines is 1. The molecule has 0 spiro atoms. The molecule has 1 rings (SSSR count). The van der Waals surface area contributed by atoms with Crippen molar-refractivity contribution < 1.29 is 9.35 Å². The summed E-state index contributed by atoms with van der Waals surface area (Å²) in [5.74, 6) is 0.572. The predicted molar refractivity (Wildman–Crippen MR) is 101 cm³/mol. The summed E-state index contributed by atoms with van der Waals surface area (Å²) >= 11 is -1.39. The van der Waals surface area contributed by atoms with Gasteiger partial charge in [0, 0.05) is 38.9 Å². The second-order valence-corrected chi connectivity index (χ2v) is 9.06. The van der Waals surface area contributed by atoms with Crippen LogP contribution >= 0.6 is 0 Å². The molecule has 1 atom stereocenters. The molecule has 7 heteroatoms. The van der Waals surface area contributed by atoms with Crippen molar-refractivity contribution in [3.63, 3.8) is 0 Å². The molecular formula is C17H28N4O2S. The number of nitrogens with zero attached hydrogens (tertiary/aromatic N) is 4. The summed E-state index contributed by atoms with van der Waals surface area (Å²) in [4.78, 5) is 20.4. The average molecular weight is 353 g/mol. The van der Waals surface area contributed by atoms with Crippen molar-refractivity contribution in [1.29, 1.82) is 0 Å². The summed E-state index contributed by atoms with van der Waals surface area (Å²) in [6.07, 6.45) is 3.08. The van der Waals surface area contributed by atoms with E-state index in [-0.39, 0.29) is 11.9 Å². The fourth-order valence-corrected chi connectivity index (χ4v) is 2.23. The van der Waals surface area contributed by atoms with Crippen LogP contribution in [0.1, 0.15) is 50.5 Å². The lowest BCUT2D eigenvalue weighted by Crippen LogP contribution is -2.28. The van der Waals surface area contributed by atoms with E-state index in [4.69, 9.17) is 0 Å². The lowest BCUT2D eigenvalue weighted by Gasteiger charge is -2.24. The van der Waals surface area contributed by atoms with Crippen LogP contribution in [0.2, 0.25) is 0 Å². The molecule has 134 valence electrons. The largest absolute Gasteiger partial charge is 0.591 e. The van der Waals surface area contributed by atoms with E-state index >= 15 is 0 Å². The normalized spacial score (nSPS) is 13.4. The van der Waals surface area contributed by atoms with Crippen molar-refractivity contribution in [2.75, 3.05) is 26.0 Å². The van der Waals surface area contributed by atoms with E-state index in [9.17, 15) is 9.35 Å². The van der Waals surface area contributed by atoms with Gasteiger partial charge in [-0.25, -0.2) is 4.98 Å². The van der Waals surface area contributed by atoms with Crippen molar-refractivity contribution in [1.82, 2.24) is 9.88 Å². The van der Waals surface area contributed by atoms with Gasteiger partial charge < -0.3 is 14.4 Å². The Kier molecular flexibility index (Phi) is 6.80. The number of pyridine rings is 1. The van der Waals surface area contributed by atoms with Gasteiger partial charge >= 0.3 is 0 Å². The minimum Gasteiger partial charge on any atom is -0.591 e. The molecule has 0 bridgehead atoms. The highest BCUT2D eigenvalue weighted by Crippen LogP contribution is 2.20. The topological polar surface area (TPSA) is 71.9 Å². The smallest absolute Gasteiger partial charge is 0.254 e. The highest BCUT2D eigenvalue weighted by Gasteiger charge is 2.26. The van der Waals surface area contributed by atoms with Gasteiger partial charge in [-0.15, -0.1) is 0 Å². The molecule has 0 aromatic carbocycles. The molecular weight excluding hydrogens is 324 g/mol. The van der Waals surface area contributed by atoms with E-state index in [1.54, 1.807) is 26.4 Å². The second-order valence-electron chi connectivity index (χ2n) is 7.13. The van der Waals surface area contributed by atoms with Crippen LogP contribution in [-0.4, -0.2) is 58.5 Å².